The molecule has 1 aliphatic rings. The van der Waals surface area contributed by atoms with Gasteiger partial charge in [0.2, 0.25) is 0 Å². The fourth-order valence-corrected chi connectivity index (χ4v) is 3.85. The average Bonchev–Trinajstić information content (AvgIpc) is 3.49. The number of H-pyrrole nitrogens is 1. The number of rotatable bonds is 4. The molecule has 2 aromatic heterocycles. The number of carbonyl (C=O) groups is 2. The van der Waals surface area contributed by atoms with Crippen LogP contribution in [0.1, 0.15) is 38.4 Å². The topological polar surface area (TPSA) is 95.9 Å². The SMILES string of the molecule is O=C(Nc1ccccc1)c1cn2c(n1)C(c1ccccc1)N(C(=O)c1cnc[nH]1)CC2. The molecular weight excluding hydrogens is 392 g/mol. The number of fused-ring (bicyclic) bond motifs is 1. The zero-order chi connectivity index (χ0) is 21.2. The Hall–Kier alpha value is -4.20. The summed E-state index contributed by atoms with van der Waals surface area (Å²) in [5.41, 5.74) is 2.37. The zero-order valence-electron chi connectivity index (χ0n) is 16.6. The molecule has 4 aromatic rings. The second-order valence-corrected chi connectivity index (χ2v) is 7.27. The highest BCUT2D eigenvalue weighted by Gasteiger charge is 2.35. The first-order chi connectivity index (χ1) is 15.2. The molecule has 154 valence electrons. The van der Waals surface area contributed by atoms with Crippen LogP contribution in [0.2, 0.25) is 0 Å². The van der Waals surface area contributed by atoms with Crippen molar-refractivity contribution in [3.63, 3.8) is 0 Å². The number of benzene rings is 2. The lowest BCUT2D eigenvalue weighted by molar-refractivity contribution is 0.0653. The molecule has 0 saturated heterocycles. The highest BCUT2D eigenvalue weighted by Crippen LogP contribution is 2.32. The molecule has 0 spiro atoms. The van der Waals surface area contributed by atoms with Crippen LogP contribution in [-0.4, -0.2) is 42.8 Å². The van der Waals surface area contributed by atoms with Crippen molar-refractivity contribution in [2.75, 3.05) is 11.9 Å². The third kappa shape index (κ3) is 3.59. The number of carbonyl (C=O) groups excluding carboxylic acids is 2. The van der Waals surface area contributed by atoms with Gasteiger partial charge in [-0.05, 0) is 17.7 Å². The maximum atomic E-state index is 13.2. The number of hydrogen-bond acceptors (Lipinski definition) is 4. The minimum atomic E-state index is -0.413. The van der Waals surface area contributed by atoms with Crippen LogP contribution in [0.5, 0.6) is 0 Å². The lowest BCUT2D eigenvalue weighted by Crippen LogP contribution is -2.42. The number of aromatic nitrogens is 4. The van der Waals surface area contributed by atoms with Gasteiger partial charge < -0.3 is 19.8 Å². The Kier molecular flexibility index (Phi) is 4.80. The molecule has 31 heavy (non-hydrogen) atoms. The third-order valence-corrected chi connectivity index (χ3v) is 5.31. The van der Waals surface area contributed by atoms with Gasteiger partial charge in [-0.1, -0.05) is 48.5 Å². The summed E-state index contributed by atoms with van der Waals surface area (Å²) < 4.78 is 1.95. The lowest BCUT2D eigenvalue weighted by atomic mass is 10.0. The molecule has 0 fully saturated rings. The van der Waals surface area contributed by atoms with Crippen LogP contribution in [0, 0.1) is 0 Å². The Labute approximate surface area is 178 Å². The van der Waals surface area contributed by atoms with Crippen LogP contribution < -0.4 is 5.32 Å². The van der Waals surface area contributed by atoms with E-state index >= 15 is 0 Å². The van der Waals surface area contributed by atoms with Crippen molar-refractivity contribution in [1.82, 2.24) is 24.4 Å². The van der Waals surface area contributed by atoms with Gasteiger partial charge in [-0.3, -0.25) is 9.59 Å². The van der Waals surface area contributed by atoms with E-state index < -0.39 is 6.04 Å². The fourth-order valence-electron chi connectivity index (χ4n) is 3.85. The van der Waals surface area contributed by atoms with Crippen molar-refractivity contribution in [3.05, 3.63) is 102 Å². The van der Waals surface area contributed by atoms with Crippen LogP contribution in [0.25, 0.3) is 0 Å². The minimum absolute atomic E-state index is 0.157. The van der Waals surface area contributed by atoms with E-state index in [-0.39, 0.29) is 11.8 Å². The van der Waals surface area contributed by atoms with Gasteiger partial charge >= 0.3 is 0 Å². The van der Waals surface area contributed by atoms with Gasteiger partial charge in [0, 0.05) is 25.0 Å². The van der Waals surface area contributed by atoms with Gasteiger partial charge in [-0.2, -0.15) is 0 Å². The number of nitrogens with one attached hydrogen (secondary N) is 2. The van der Waals surface area contributed by atoms with Crippen LogP contribution in [0.3, 0.4) is 0 Å². The first kappa shape index (κ1) is 18.8. The molecule has 2 N–H and O–H groups in total. The molecule has 2 aromatic carbocycles. The molecule has 1 aliphatic heterocycles. The number of amides is 2. The summed E-state index contributed by atoms with van der Waals surface area (Å²) in [5, 5.41) is 2.87. The second-order valence-electron chi connectivity index (χ2n) is 7.27. The third-order valence-electron chi connectivity index (χ3n) is 5.31. The maximum absolute atomic E-state index is 13.2. The number of para-hydroxylation sites is 1. The highest BCUT2D eigenvalue weighted by molar-refractivity contribution is 6.02. The number of hydrogen-bond donors (Lipinski definition) is 2. The molecule has 3 heterocycles. The smallest absolute Gasteiger partial charge is 0.275 e. The second kappa shape index (κ2) is 7.91. The fraction of sp³-hybridized carbons (Fsp3) is 0.130. The summed E-state index contributed by atoms with van der Waals surface area (Å²) in [6.45, 7) is 1.03. The van der Waals surface area contributed by atoms with Crippen LogP contribution in [0.15, 0.2) is 79.4 Å². The first-order valence-electron chi connectivity index (χ1n) is 9.98. The molecule has 8 heteroatoms. The number of imidazole rings is 2. The molecule has 0 aliphatic carbocycles. The summed E-state index contributed by atoms with van der Waals surface area (Å²) in [6.07, 6.45) is 4.76. The van der Waals surface area contributed by atoms with Crippen molar-refractivity contribution in [3.8, 4) is 0 Å². The minimum Gasteiger partial charge on any atom is -0.341 e. The molecule has 0 radical (unpaired) electrons. The van der Waals surface area contributed by atoms with Crippen LogP contribution in [-0.2, 0) is 6.54 Å². The number of aromatic amines is 1. The maximum Gasteiger partial charge on any atom is 0.275 e. The Morgan fingerprint density at radius 3 is 2.45 bits per heavy atom. The molecule has 0 bridgehead atoms. The van der Waals surface area contributed by atoms with Crippen LogP contribution >= 0.6 is 0 Å². The largest absolute Gasteiger partial charge is 0.341 e. The first-order valence-corrected chi connectivity index (χ1v) is 9.98. The zero-order valence-corrected chi connectivity index (χ0v) is 16.6. The molecule has 5 rings (SSSR count). The number of anilines is 1. The van der Waals surface area contributed by atoms with Gasteiger partial charge in [0.1, 0.15) is 23.3 Å². The van der Waals surface area contributed by atoms with E-state index in [2.05, 4.69) is 20.3 Å². The summed E-state index contributed by atoms with van der Waals surface area (Å²) in [5.74, 6) is 0.214. The Balaban J connectivity index is 1.51. The molecular formula is C23H20N6O2. The van der Waals surface area contributed by atoms with E-state index in [1.165, 1.54) is 12.5 Å². The lowest BCUT2D eigenvalue weighted by Gasteiger charge is -2.36. The summed E-state index contributed by atoms with van der Waals surface area (Å²) in [7, 11) is 0. The van der Waals surface area contributed by atoms with E-state index in [0.717, 1.165) is 5.56 Å². The molecule has 0 saturated carbocycles. The molecule has 1 atom stereocenters. The van der Waals surface area contributed by atoms with Gasteiger partial charge in [0.25, 0.3) is 11.8 Å². The predicted molar refractivity (Wildman–Crippen MR) is 115 cm³/mol. The van der Waals surface area contributed by atoms with E-state index in [1.807, 2.05) is 65.2 Å². The van der Waals surface area contributed by atoms with Gasteiger partial charge in [0.05, 0.1) is 12.5 Å². The normalized spacial score (nSPS) is 15.4. The van der Waals surface area contributed by atoms with E-state index in [0.29, 0.717) is 36.0 Å². The molecule has 1 unspecified atom stereocenters. The van der Waals surface area contributed by atoms with Crippen molar-refractivity contribution in [2.45, 2.75) is 12.6 Å². The Bertz CT molecular complexity index is 1200. The monoisotopic (exact) mass is 412 g/mol. The standard InChI is InChI=1S/C23H20N6O2/c30-22(26-17-9-5-2-6-10-17)19-14-28-11-12-29(23(31)18-13-24-15-25-18)20(21(28)27-19)16-7-3-1-4-8-16/h1-10,13-15,20H,11-12H2,(H,24,25)(H,26,30). The quantitative estimate of drug-likeness (QED) is 0.538. The van der Waals surface area contributed by atoms with Crippen molar-refractivity contribution >= 4 is 17.5 Å². The van der Waals surface area contributed by atoms with Gasteiger partial charge in [-0.25, -0.2) is 9.97 Å². The predicted octanol–water partition coefficient (Wildman–Crippen LogP) is 3.10. The summed E-state index contributed by atoms with van der Waals surface area (Å²) >= 11 is 0. The summed E-state index contributed by atoms with van der Waals surface area (Å²) in [4.78, 5) is 39.2. The highest BCUT2D eigenvalue weighted by atomic mass is 16.2. The van der Waals surface area contributed by atoms with Crippen molar-refractivity contribution < 1.29 is 9.59 Å². The Morgan fingerprint density at radius 2 is 1.74 bits per heavy atom. The van der Waals surface area contributed by atoms with Crippen molar-refractivity contribution in [2.24, 2.45) is 0 Å². The van der Waals surface area contributed by atoms with E-state index in [1.54, 1.807) is 11.1 Å². The van der Waals surface area contributed by atoms with E-state index in [4.69, 9.17) is 0 Å². The summed E-state index contributed by atoms with van der Waals surface area (Å²) in [6, 6.07) is 18.6. The molecule has 2 amide bonds. The van der Waals surface area contributed by atoms with Gasteiger partial charge in [-0.15, -0.1) is 0 Å². The van der Waals surface area contributed by atoms with Crippen LogP contribution in [0.4, 0.5) is 5.69 Å². The molecule has 8 nitrogen and oxygen atoms in total. The van der Waals surface area contributed by atoms with E-state index in [9.17, 15) is 9.59 Å². The van der Waals surface area contributed by atoms with Gasteiger partial charge in [0.15, 0.2) is 0 Å². The van der Waals surface area contributed by atoms with Crippen molar-refractivity contribution in [1.29, 1.82) is 0 Å². The Morgan fingerprint density at radius 1 is 1.00 bits per heavy atom. The number of nitrogens with zero attached hydrogens (tertiary/aromatic N) is 4. The average molecular weight is 412 g/mol.